The number of halogens is 2. The first-order chi connectivity index (χ1) is 12.4. The maximum Gasteiger partial charge on any atom is 0.230 e. The lowest BCUT2D eigenvalue weighted by Crippen LogP contribution is -2.33. The molecule has 26 heavy (non-hydrogen) atoms. The van der Waals surface area contributed by atoms with Crippen LogP contribution in [0.3, 0.4) is 0 Å². The van der Waals surface area contributed by atoms with E-state index >= 15 is 0 Å². The molecule has 0 heterocycles. The molecule has 2 amide bonds. The van der Waals surface area contributed by atoms with E-state index in [4.69, 9.17) is 23.2 Å². The molecule has 1 saturated carbocycles. The maximum atomic E-state index is 12.8. The van der Waals surface area contributed by atoms with Gasteiger partial charge < -0.3 is 10.2 Å². The van der Waals surface area contributed by atoms with Gasteiger partial charge in [0.05, 0.1) is 22.5 Å². The predicted octanol–water partition coefficient (Wildman–Crippen LogP) is 4.93. The molecule has 1 aliphatic rings. The summed E-state index contributed by atoms with van der Waals surface area (Å²) in [7, 11) is 0. The van der Waals surface area contributed by atoms with Crippen LogP contribution < -0.4 is 10.2 Å². The standard InChI is InChI=1S/C20H20Cl2N2O2/c1-3-24(14-6-4-5-12(2)9-14)20(26)16-11-15(16)19(25)23-18-10-13(21)7-8-17(18)22/h4-10,15-16H,3,11H2,1-2H3,(H,23,25). The van der Waals surface area contributed by atoms with Gasteiger partial charge in [-0.2, -0.15) is 0 Å². The van der Waals surface area contributed by atoms with E-state index in [1.165, 1.54) is 0 Å². The van der Waals surface area contributed by atoms with Crippen molar-refractivity contribution in [2.45, 2.75) is 20.3 Å². The SMILES string of the molecule is CCN(C(=O)C1CC1C(=O)Nc1cc(Cl)ccc1Cl)c1cccc(C)c1. The molecule has 1 fully saturated rings. The van der Waals surface area contributed by atoms with Crippen molar-refractivity contribution >= 4 is 46.4 Å². The Balaban J connectivity index is 1.67. The number of anilines is 2. The van der Waals surface area contributed by atoms with Crippen molar-refractivity contribution in [2.75, 3.05) is 16.8 Å². The van der Waals surface area contributed by atoms with Gasteiger partial charge in [0.2, 0.25) is 11.8 Å². The summed E-state index contributed by atoms with van der Waals surface area (Å²) < 4.78 is 0. The van der Waals surface area contributed by atoms with Crippen LogP contribution in [0.4, 0.5) is 11.4 Å². The molecule has 0 spiro atoms. The van der Waals surface area contributed by atoms with Crippen LogP contribution in [0.15, 0.2) is 42.5 Å². The molecule has 3 rings (SSSR count). The second-order valence-corrected chi connectivity index (χ2v) is 7.33. The van der Waals surface area contributed by atoms with Gasteiger partial charge in [-0.3, -0.25) is 9.59 Å². The lowest BCUT2D eigenvalue weighted by molar-refractivity contribution is -0.123. The Kier molecular flexibility index (Phi) is 5.54. The molecule has 6 heteroatoms. The molecule has 0 radical (unpaired) electrons. The van der Waals surface area contributed by atoms with Crippen LogP contribution in [0.25, 0.3) is 0 Å². The molecular weight excluding hydrogens is 371 g/mol. The van der Waals surface area contributed by atoms with E-state index in [0.29, 0.717) is 28.7 Å². The molecule has 0 bridgehead atoms. The number of nitrogens with one attached hydrogen (secondary N) is 1. The number of amides is 2. The van der Waals surface area contributed by atoms with Crippen LogP contribution >= 0.6 is 23.2 Å². The van der Waals surface area contributed by atoms with Crippen molar-refractivity contribution in [1.29, 1.82) is 0 Å². The third-order valence-electron chi connectivity index (χ3n) is 4.53. The molecule has 0 aromatic heterocycles. The van der Waals surface area contributed by atoms with Gasteiger partial charge in [0.15, 0.2) is 0 Å². The average molecular weight is 391 g/mol. The lowest BCUT2D eigenvalue weighted by atomic mass is 10.2. The van der Waals surface area contributed by atoms with Crippen molar-refractivity contribution < 1.29 is 9.59 Å². The summed E-state index contributed by atoms with van der Waals surface area (Å²) in [6.07, 6.45) is 0.547. The van der Waals surface area contributed by atoms with E-state index in [2.05, 4.69) is 5.32 Å². The summed E-state index contributed by atoms with van der Waals surface area (Å²) in [6.45, 7) is 4.49. The monoisotopic (exact) mass is 390 g/mol. The minimum Gasteiger partial charge on any atom is -0.324 e. The normalized spacial score (nSPS) is 18.3. The molecule has 136 valence electrons. The van der Waals surface area contributed by atoms with E-state index in [0.717, 1.165) is 11.3 Å². The fourth-order valence-corrected chi connectivity index (χ4v) is 3.37. The largest absolute Gasteiger partial charge is 0.324 e. The van der Waals surface area contributed by atoms with E-state index in [9.17, 15) is 9.59 Å². The zero-order chi connectivity index (χ0) is 18.8. The first kappa shape index (κ1) is 18.7. The van der Waals surface area contributed by atoms with Gasteiger partial charge in [0, 0.05) is 17.3 Å². The van der Waals surface area contributed by atoms with E-state index < -0.39 is 0 Å². The highest BCUT2D eigenvalue weighted by molar-refractivity contribution is 6.35. The van der Waals surface area contributed by atoms with E-state index in [1.54, 1.807) is 23.1 Å². The molecule has 2 atom stereocenters. The Bertz CT molecular complexity index is 853. The zero-order valence-electron chi connectivity index (χ0n) is 14.6. The Labute approximate surface area is 163 Å². The molecule has 2 aromatic rings. The van der Waals surface area contributed by atoms with Crippen molar-refractivity contribution in [2.24, 2.45) is 11.8 Å². The summed E-state index contributed by atoms with van der Waals surface area (Å²) in [5, 5.41) is 3.69. The van der Waals surface area contributed by atoms with Crippen LogP contribution in [0.2, 0.25) is 10.0 Å². The van der Waals surface area contributed by atoms with Gasteiger partial charge in [-0.15, -0.1) is 0 Å². The number of rotatable bonds is 5. The number of hydrogen-bond donors (Lipinski definition) is 1. The number of nitrogens with zero attached hydrogens (tertiary/aromatic N) is 1. The topological polar surface area (TPSA) is 49.4 Å². The molecule has 2 unspecified atom stereocenters. The Hall–Kier alpha value is -2.04. The van der Waals surface area contributed by atoms with Gasteiger partial charge in [0.1, 0.15) is 0 Å². The fourth-order valence-electron chi connectivity index (χ4n) is 3.04. The molecule has 0 aliphatic heterocycles. The van der Waals surface area contributed by atoms with Crippen LogP contribution in [0.1, 0.15) is 18.9 Å². The van der Waals surface area contributed by atoms with Crippen molar-refractivity contribution in [1.82, 2.24) is 0 Å². The summed E-state index contributed by atoms with van der Waals surface area (Å²) in [5.74, 6) is -0.854. The number of carbonyl (C=O) groups excluding carboxylic acids is 2. The molecule has 0 saturated heterocycles. The molecular formula is C20H20Cl2N2O2. The minimum absolute atomic E-state index is 0.0181. The minimum atomic E-state index is -0.337. The molecule has 2 aromatic carbocycles. The van der Waals surface area contributed by atoms with Gasteiger partial charge in [-0.1, -0.05) is 35.3 Å². The number of aryl methyl sites for hydroxylation is 1. The summed E-state index contributed by atoms with van der Waals surface area (Å²) in [5.41, 5.74) is 2.42. The Morgan fingerprint density at radius 3 is 2.62 bits per heavy atom. The smallest absolute Gasteiger partial charge is 0.230 e. The Morgan fingerprint density at radius 1 is 1.15 bits per heavy atom. The van der Waals surface area contributed by atoms with Gasteiger partial charge >= 0.3 is 0 Å². The number of carbonyl (C=O) groups is 2. The van der Waals surface area contributed by atoms with Crippen molar-refractivity contribution in [3.63, 3.8) is 0 Å². The fraction of sp³-hybridized carbons (Fsp3) is 0.300. The lowest BCUT2D eigenvalue weighted by Gasteiger charge is -2.21. The second-order valence-electron chi connectivity index (χ2n) is 6.48. The maximum absolute atomic E-state index is 12.8. The number of benzene rings is 2. The first-order valence-corrected chi connectivity index (χ1v) is 9.30. The highest BCUT2D eigenvalue weighted by Crippen LogP contribution is 2.42. The van der Waals surface area contributed by atoms with E-state index in [1.807, 2.05) is 38.1 Å². The van der Waals surface area contributed by atoms with Crippen molar-refractivity contribution in [3.05, 3.63) is 58.1 Å². The highest BCUT2D eigenvalue weighted by atomic mass is 35.5. The van der Waals surface area contributed by atoms with Crippen LogP contribution in [0.5, 0.6) is 0 Å². The summed E-state index contributed by atoms with van der Waals surface area (Å²) in [4.78, 5) is 27.0. The average Bonchev–Trinajstić information content (AvgIpc) is 3.40. The predicted molar refractivity (Wildman–Crippen MR) is 106 cm³/mol. The van der Waals surface area contributed by atoms with Crippen LogP contribution in [0, 0.1) is 18.8 Å². The van der Waals surface area contributed by atoms with Crippen LogP contribution in [-0.4, -0.2) is 18.4 Å². The molecule has 4 nitrogen and oxygen atoms in total. The molecule has 1 N–H and O–H groups in total. The van der Waals surface area contributed by atoms with Gasteiger partial charge in [-0.25, -0.2) is 0 Å². The van der Waals surface area contributed by atoms with E-state index in [-0.39, 0.29) is 23.7 Å². The third-order valence-corrected chi connectivity index (χ3v) is 5.09. The van der Waals surface area contributed by atoms with Crippen molar-refractivity contribution in [3.8, 4) is 0 Å². The summed E-state index contributed by atoms with van der Waals surface area (Å²) >= 11 is 12.0. The second kappa shape index (κ2) is 7.68. The molecule has 1 aliphatic carbocycles. The van der Waals surface area contributed by atoms with Gasteiger partial charge in [0.25, 0.3) is 0 Å². The summed E-state index contributed by atoms with van der Waals surface area (Å²) in [6, 6.07) is 12.7. The highest BCUT2D eigenvalue weighted by Gasteiger charge is 2.49. The third kappa shape index (κ3) is 4.02. The number of hydrogen-bond acceptors (Lipinski definition) is 2. The van der Waals surface area contributed by atoms with Crippen LogP contribution in [-0.2, 0) is 9.59 Å². The first-order valence-electron chi connectivity index (χ1n) is 8.54. The van der Waals surface area contributed by atoms with Gasteiger partial charge in [-0.05, 0) is 56.2 Å². The quantitative estimate of drug-likeness (QED) is 0.786. The Morgan fingerprint density at radius 2 is 1.92 bits per heavy atom. The zero-order valence-corrected chi connectivity index (χ0v) is 16.1.